The zero-order valence-electron chi connectivity index (χ0n) is 14.3. The highest BCUT2D eigenvalue weighted by Crippen LogP contribution is 2.30. The summed E-state index contributed by atoms with van der Waals surface area (Å²) in [4.78, 5) is 26.8. The number of nitro groups is 1. The minimum atomic E-state index is -0.531. The summed E-state index contributed by atoms with van der Waals surface area (Å²) in [6, 6.07) is 7.61. The molecule has 0 aliphatic carbocycles. The number of nitrogens with zero attached hydrogens (tertiary/aromatic N) is 5. The van der Waals surface area contributed by atoms with Crippen LogP contribution in [0.5, 0.6) is 0 Å². The van der Waals surface area contributed by atoms with Gasteiger partial charge in [0, 0.05) is 24.0 Å². The molecule has 1 aromatic heterocycles. The molecule has 3 heterocycles. The maximum absolute atomic E-state index is 12.4. The second kappa shape index (κ2) is 6.73. The lowest BCUT2D eigenvalue weighted by atomic mass is 10.1. The van der Waals surface area contributed by atoms with E-state index in [0.29, 0.717) is 21.6 Å². The van der Waals surface area contributed by atoms with Crippen molar-refractivity contribution in [3.63, 3.8) is 0 Å². The van der Waals surface area contributed by atoms with E-state index in [-0.39, 0.29) is 22.1 Å². The molecule has 11 heteroatoms. The number of carbonyl (C=O) groups excluding carboxylic acids is 1. The molecule has 2 aliphatic heterocycles. The standard InChI is InChI=1S/C17H11ClN6O3S/c1-9-21-23-15(19)12(16(25)20-17(23)28-9)7-10-3-2-6-22(10)14-5-4-11(24(26)27)8-13(14)18/h2-8,19H,1H3/b12-7+,19-15?. The van der Waals surface area contributed by atoms with Crippen LogP contribution in [-0.4, -0.2) is 36.5 Å². The van der Waals surface area contributed by atoms with E-state index in [2.05, 4.69) is 10.1 Å². The van der Waals surface area contributed by atoms with Gasteiger partial charge in [-0.05, 0) is 43.0 Å². The minimum Gasteiger partial charge on any atom is -0.316 e. The maximum atomic E-state index is 12.4. The fourth-order valence-corrected chi connectivity index (χ4v) is 3.77. The molecule has 1 aromatic carbocycles. The van der Waals surface area contributed by atoms with Crippen molar-refractivity contribution in [2.75, 3.05) is 0 Å². The molecule has 0 bridgehead atoms. The first-order valence-electron chi connectivity index (χ1n) is 7.93. The molecule has 9 nitrogen and oxygen atoms in total. The van der Waals surface area contributed by atoms with Crippen molar-refractivity contribution in [3.8, 4) is 5.69 Å². The van der Waals surface area contributed by atoms with Crippen LogP contribution in [0.2, 0.25) is 5.02 Å². The van der Waals surface area contributed by atoms with Gasteiger partial charge in [-0.15, -0.1) is 0 Å². The molecule has 0 saturated carbocycles. The third-order valence-corrected chi connectivity index (χ3v) is 5.16. The number of nitrogens with one attached hydrogen (secondary N) is 1. The first-order valence-corrected chi connectivity index (χ1v) is 9.13. The lowest BCUT2D eigenvalue weighted by Gasteiger charge is -2.20. The van der Waals surface area contributed by atoms with Gasteiger partial charge >= 0.3 is 0 Å². The van der Waals surface area contributed by atoms with Gasteiger partial charge in [0.15, 0.2) is 5.84 Å². The van der Waals surface area contributed by atoms with Crippen molar-refractivity contribution in [2.45, 2.75) is 6.92 Å². The molecule has 0 saturated heterocycles. The number of hydrogen-bond donors (Lipinski definition) is 1. The van der Waals surface area contributed by atoms with E-state index in [1.54, 1.807) is 29.8 Å². The van der Waals surface area contributed by atoms with E-state index in [9.17, 15) is 14.9 Å². The van der Waals surface area contributed by atoms with Crippen LogP contribution in [0.25, 0.3) is 11.8 Å². The summed E-state index contributed by atoms with van der Waals surface area (Å²) < 4.78 is 1.67. The molecule has 28 heavy (non-hydrogen) atoms. The average Bonchev–Trinajstić information content (AvgIpc) is 3.24. The van der Waals surface area contributed by atoms with Gasteiger partial charge in [0.25, 0.3) is 11.6 Å². The Morgan fingerprint density at radius 1 is 1.36 bits per heavy atom. The summed E-state index contributed by atoms with van der Waals surface area (Å²) in [5.41, 5.74) is 1.04. The number of aromatic nitrogens is 1. The Morgan fingerprint density at radius 2 is 2.14 bits per heavy atom. The highest BCUT2D eigenvalue weighted by Gasteiger charge is 2.34. The lowest BCUT2D eigenvalue weighted by Crippen LogP contribution is -2.35. The number of fused-ring (bicyclic) bond motifs is 1. The monoisotopic (exact) mass is 414 g/mol. The van der Waals surface area contributed by atoms with Crippen molar-refractivity contribution in [3.05, 3.63) is 62.9 Å². The second-order valence-corrected chi connectivity index (χ2v) is 7.40. The predicted octanol–water partition coefficient (Wildman–Crippen LogP) is 3.68. The molecule has 1 N–H and O–H groups in total. The van der Waals surface area contributed by atoms with Crippen LogP contribution in [0.15, 0.2) is 52.2 Å². The zero-order chi connectivity index (χ0) is 20.0. The van der Waals surface area contributed by atoms with Crippen molar-refractivity contribution in [2.24, 2.45) is 10.1 Å². The number of nitro benzene ring substituents is 1. The average molecular weight is 415 g/mol. The number of amides is 1. The fourth-order valence-electron chi connectivity index (χ4n) is 2.77. The summed E-state index contributed by atoms with van der Waals surface area (Å²) in [7, 11) is 0. The smallest absolute Gasteiger partial charge is 0.283 e. The Morgan fingerprint density at radius 3 is 2.86 bits per heavy atom. The van der Waals surface area contributed by atoms with Crippen LogP contribution in [-0.2, 0) is 4.79 Å². The second-order valence-electron chi connectivity index (χ2n) is 5.83. The number of halogens is 1. The Bertz CT molecular complexity index is 1150. The first-order chi connectivity index (χ1) is 13.3. The summed E-state index contributed by atoms with van der Waals surface area (Å²) in [6.45, 7) is 1.77. The molecule has 0 fully saturated rings. The van der Waals surface area contributed by atoms with Crippen LogP contribution in [0.3, 0.4) is 0 Å². The highest BCUT2D eigenvalue weighted by atomic mass is 35.5. The van der Waals surface area contributed by atoms with Gasteiger partial charge in [0.1, 0.15) is 0 Å². The SMILES string of the molecule is CC1=NN2C(=N)/C(=C\c3cccn3-c3ccc([N+](=O)[O-])cc3Cl)C(=O)N=C2S1. The number of carbonyl (C=O) groups is 1. The Kier molecular flexibility index (Phi) is 4.36. The number of thioether (sulfide) groups is 1. The molecule has 0 unspecified atom stereocenters. The highest BCUT2D eigenvalue weighted by molar-refractivity contribution is 8.26. The number of amidine groups is 2. The maximum Gasteiger partial charge on any atom is 0.283 e. The first kappa shape index (κ1) is 18.1. The molecule has 2 aromatic rings. The Hall–Kier alpha value is -3.24. The third kappa shape index (κ3) is 3.02. The minimum absolute atomic E-state index is 0.0677. The van der Waals surface area contributed by atoms with Gasteiger partial charge in [-0.3, -0.25) is 20.3 Å². The van der Waals surface area contributed by atoms with E-state index in [1.807, 2.05) is 0 Å². The van der Waals surface area contributed by atoms with Crippen LogP contribution in [0.4, 0.5) is 5.69 Å². The zero-order valence-corrected chi connectivity index (χ0v) is 15.9. The van der Waals surface area contributed by atoms with Crippen molar-refractivity contribution >= 4 is 57.1 Å². The van der Waals surface area contributed by atoms with E-state index in [4.69, 9.17) is 17.0 Å². The van der Waals surface area contributed by atoms with Gasteiger partial charge in [0.05, 0.1) is 26.3 Å². The molecule has 0 spiro atoms. The van der Waals surface area contributed by atoms with Gasteiger partial charge < -0.3 is 4.57 Å². The van der Waals surface area contributed by atoms with Crippen LogP contribution in [0.1, 0.15) is 12.6 Å². The third-order valence-electron chi connectivity index (χ3n) is 4.03. The number of benzene rings is 1. The van der Waals surface area contributed by atoms with Crippen molar-refractivity contribution in [1.82, 2.24) is 9.58 Å². The number of non-ortho nitro benzene ring substituents is 1. The summed E-state index contributed by atoms with van der Waals surface area (Å²) in [5.74, 6) is -0.599. The Balaban J connectivity index is 1.75. The molecule has 2 aliphatic rings. The molecular formula is C17H11ClN6O3S. The summed E-state index contributed by atoms with van der Waals surface area (Å²) in [6.07, 6.45) is 3.23. The molecule has 0 radical (unpaired) electrons. The molecule has 4 rings (SSSR count). The molecule has 1 amide bonds. The van der Waals surface area contributed by atoms with E-state index in [0.717, 1.165) is 0 Å². The number of rotatable bonds is 3. The number of aliphatic imine (C=N–C) groups is 1. The molecule has 0 atom stereocenters. The van der Waals surface area contributed by atoms with E-state index in [1.165, 1.54) is 41.0 Å². The summed E-state index contributed by atoms with van der Waals surface area (Å²) >= 11 is 7.45. The molecular weight excluding hydrogens is 404 g/mol. The topological polar surface area (TPSA) is 117 Å². The van der Waals surface area contributed by atoms with Gasteiger partial charge in [-0.1, -0.05) is 11.6 Å². The Labute approximate surface area is 167 Å². The largest absolute Gasteiger partial charge is 0.316 e. The van der Waals surface area contributed by atoms with Crippen molar-refractivity contribution in [1.29, 1.82) is 5.41 Å². The lowest BCUT2D eigenvalue weighted by molar-refractivity contribution is -0.384. The molecule has 140 valence electrons. The van der Waals surface area contributed by atoms with Crippen LogP contribution < -0.4 is 0 Å². The number of hydrazone groups is 1. The quantitative estimate of drug-likeness (QED) is 0.467. The summed E-state index contributed by atoms with van der Waals surface area (Å²) in [5, 5.41) is 26.0. The van der Waals surface area contributed by atoms with E-state index >= 15 is 0 Å². The van der Waals surface area contributed by atoms with Crippen molar-refractivity contribution < 1.29 is 9.72 Å². The normalized spacial score (nSPS) is 17.6. The fraction of sp³-hybridized carbons (Fsp3) is 0.0588. The van der Waals surface area contributed by atoms with E-state index < -0.39 is 10.8 Å². The van der Waals surface area contributed by atoms with Gasteiger partial charge in [-0.25, -0.2) is 0 Å². The van der Waals surface area contributed by atoms with Crippen LogP contribution in [0, 0.1) is 15.5 Å². The van der Waals surface area contributed by atoms with Gasteiger partial charge in [-0.2, -0.15) is 15.1 Å². The van der Waals surface area contributed by atoms with Crippen LogP contribution >= 0.6 is 23.4 Å². The van der Waals surface area contributed by atoms with Gasteiger partial charge in [0.2, 0.25) is 5.17 Å². The number of hydrogen-bond acceptors (Lipinski definition) is 6. The predicted molar refractivity (Wildman–Crippen MR) is 108 cm³/mol.